The first kappa shape index (κ1) is 21.0. The van der Waals surface area contributed by atoms with E-state index in [0.29, 0.717) is 23.1 Å². The van der Waals surface area contributed by atoms with Gasteiger partial charge in [-0.2, -0.15) is 0 Å². The van der Waals surface area contributed by atoms with E-state index in [1.54, 1.807) is 11.0 Å². The lowest BCUT2D eigenvalue weighted by Crippen LogP contribution is -2.31. The molecular weight excluding hydrogens is 475 g/mol. The van der Waals surface area contributed by atoms with Gasteiger partial charge in [-0.15, -0.1) is 0 Å². The second kappa shape index (κ2) is 8.11. The van der Waals surface area contributed by atoms with Crippen LogP contribution in [-0.2, 0) is 25.8 Å². The highest BCUT2D eigenvalue weighted by Crippen LogP contribution is 2.41. The zero-order valence-corrected chi connectivity index (χ0v) is 18.4. The van der Waals surface area contributed by atoms with Crippen LogP contribution in [0.3, 0.4) is 0 Å². The van der Waals surface area contributed by atoms with Crippen molar-refractivity contribution >= 4 is 49.0 Å². The Labute approximate surface area is 182 Å². The van der Waals surface area contributed by atoms with E-state index < -0.39 is 27.3 Å². The molecule has 2 aliphatic rings. The van der Waals surface area contributed by atoms with Crippen molar-refractivity contribution in [3.63, 3.8) is 0 Å². The van der Waals surface area contributed by atoms with Gasteiger partial charge in [-0.1, -0.05) is 28.1 Å². The smallest absolute Gasteiger partial charge is 0.230 e. The predicted molar refractivity (Wildman–Crippen MR) is 115 cm³/mol. The molecule has 0 atom stereocenters. The van der Waals surface area contributed by atoms with Crippen LogP contribution in [0, 0.1) is 11.7 Å². The molecule has 1 heterocycles. The minimum absolute atomic E-state index is 0.00412. The summed E-state index contributed by atoms with van der Waals surface area (Å²) in [6, 6.07) is 9.01. The number of benzene rings is 2. The van der Waals surface area contributed by atoms with Crippen molar-refractivity contribution in [2.24, 2.45) is 5.92 Å². The van der Waals surface area contributed by atoms with E-state index in [1.165, 1.54) is 24.3 Å². The first-order chi connectivity index (χ1) is 14.3. The molecule has 6 nitrogen and oxygen atoms in total. The highest BCUT2D eigenvalue weighted by molar-refractivity contribution is 9.10. The SMILES string of the molecule is O=C(CCS(=O)(=O)c1cc(Br)cc2c1N(C(=O)C1CC1)CC2)Nc1ccccc1F. The summed E-state index contributed by atoms with van der Waals surface area (Å²) in [6.07, 6.45) is 1.93. The van der Waals surface area contributed by atoms with Crippen molar-refractivity contribution in [3.05, 3.63) is 52.3 Å². The molecule has 0 saturated heterocycles. The number of hydrogen-bond acceptors (Lipinski definition) is 4. The van der Waals surface area contributed by atoms with Gasteiger partial charge in [0, 0.05) is 23.4 Å². The summed E-state index contributed by atoms with van der Waals surface area (Å²) in [5.74, 6) is -1.69. The first-order valence-corrected chi connectivity index (χ1v) is 12.1. The van der Waals surface area contributed by atoms with E-state index in [4.69, 9.17) is 0 Å². The summed E-state index contributed by atoms with van der Waals surface area (Å²) in [5, 5.41) is 2.40. The van der Waals surface area contributed by atoms with Crippen LogP contribution < -0.4 is 10.2 Å². The highest BCUT2D eigenvalue weighted by atomic mass is 79.9. The Morgan fingerprint density at radius 1 is 1.20 bits per heavy atom. The molecule has 4 rings (SSSR count). The molecule has 1 aliphatic carbocycles. The zero-order chi connectivity index (χ0) is 21.5. The maximum absolute atomic E-state index is 13.7. The Bertz CT molecular complexity index is 1130. The molecule has 0 radical (unpaired) electrons. The number of carbonyl (C=O) groups excluding carboxylic acids is 2. The van der Waals surface area contributed by atoms with Crippen LogP contribution >= 0.6 is 15.9 Å². The average Bonchev–Trinajstić information content (AvgIpc) is 3.47. The molecule has 1 saturated carbocycles. The van der Waals surface area contributed by atoms with Gasteiger partial charge in [0.2, 0.25) is 11.8 Å². The lowest BCUT2D eigenvalue weighted by atomic mass is 10.2. The Hall–Kier alpha value is -2.26. The molecule has 1 N–H and O–H groups in total. The van der Waals surface area contributed by atoms with E-state index in [0.717, 1.165) is 18.4 Å². The monoisotopic (exact) mass is 494 g/mol. The van der Waals surface area contributed by atoms with Gasteiger partial charge >= 0.3 is 0 Å². The van der Waals surface area contributed by atoms with Gasteiger partial charge in [0.25, 0.3) is 0 Å². The maximum Gasteiger partial charge on any atom is 0.230 e. The fourth-order valence-corrected chi connectivity index (χ4v) is 5.76. The number of nitrogens with one attached hydrogen (secondary N) is 1. The van der Waals surface area contributed by atoms with E-state index in [-0.39, 0.29) is 28.8 Å². The van der Waals surface area contributed by atoms with Gasteiger partial charge in [-0.05, 0) is 49.1 Å². The zero-order valence-electron chi connectivity index (χ0n) is 16.0. The number of fused-ring (bicyclic) bond motifs is 1. The number of sulfone groups is 1. The molecule has 0 unspecified atom stereocenters. The van der Waals surface area contributed by atoms with Crippen molar-refractivity contribution in [1.29, 1.82) is 0 Å². The highest BCUT2D eigenvalue weighted by Gasteiger charge is 2.39. The van der Waals surface area contributed by atoms with Gasteiger partial charge in [-0.3, -0.25) is 9.59 Å². The van der Waals surface area contributed by atoms with Crippen molar-refractivity contribution in [3.8, 4) is 0 Å². The number of para-hydroxylation sites is 1. The fraction of sp³-hybridized carbons (Fsp3) is 0.333. The Balaban J connectivity index is 1.55. The van der Waals surface area contributed by atoms with E-state index in [1.807, 2.05) is 6.07 Å². The summed E-state index contributed by atoms with van der Waals surface area (Å²) in [7, 11) is -3.86. The van der Waals surface area contributed by atoms with Crippen molar-refractivity contribution in [1.82, 2.24) is 0 Å². The van der Waals surface area contributed by atoms with Crippen LogP contribution in [0.15, 0.2) is 45.8 Å². The molecule has 9 heteroatoms. The minimum atomic E-state index is -3.86. The van der Waals surface area contributed by atoms with Crippen LogP contribution in [0.2, 0.25) is 0 Å². The van der Waals surface area contributed by atoms with Gasteiger partial charge in [0.15, 0.2) is 9.84 Å². The molecule has 158 valence electrons. The van der Waals surface area contributed by atoms with Crippen molar-refractivity contribution in [2.75, 3.05) is 22.5 Å². The third kappa shape index (κ3) is 4.27. The Kier molecular flexibility index (Phi) is 5.67. The van der Waals surface area contributed by atoms with E-state index in [2.05, 4.69) is 21.2 Å². The lowest BCUT2D eigenvalue weighted by molar-refractivity contribution is -0.119. The van der Waals surface area contributed by atoms with E-state index in [9.17, 15) is 22.4 Å². The third-order valence-corrected chi connectivity index (χ3v) is 7.45. The van der Waals surface area contributed by atoms with Crippen molar-refractivity contribution < 1.29 is 22.4 Å². The number of halogens is 2. The van der Waals surface area contributed by atoms with Gasteiger partial charge in [-0.25, -0.2) is 12.8 Å². The summed E-state index contributed by atoms with van der Waals surface area (Å²) < 4.78 is 40.5. The number of rotatable bonds is 6. The lowest BCUT2D eigenvalue weighted by Gasteiger charge is -2.20. The summed E-state index contributed by atoms with van der Waals surface area (Å²) in [5.41, 5.74) is 1.24. The maximum atomic E-state index is 13.7. The number of carbonyl (C=O) groups is 2. The molecular formula is C21H20BrFN2O4S. The molecule has 2 aromatic rings. The van der Waals surface area contributed by atoms with Crippen LogP contribution in [0.25, 0.3) is 0 Å². The average molecular weight is 495 g/mol. The molecule has 30 heavy (non-hydrogen) atoms. The topological polar surface area (TPSA) is 83.6 Å². The summed E-state index contributed by atoms with van der Waals surface area (Å²) in [4.78, 5) is 26.5. The number of amides is 2. The fourth-order valence-electron chi connectivity index (χ4n) is 3.59. The number of nitrogens with zero attached hydrogens (tertiary/aromatic N) is 1. The second-order valence-corrected chi connectivity index (χ2v) is 10.5. The van der Waals surface area contributed by atoms with Crippen LogP contribution in [0.4, 0.5) is 15.8 Å². The van der Waals surface area contributed by atoms with Crippen LogP contribution in [0.1, 0.15) is 24.8 Å². The summed E-state index contributed by atoms with van der Waals surface area (Å²) in [6.45, 7) is 0.456. The molecule has 0 spiro atoms. The third-order valence-electron chi connectivity index (χ3n) is 5.27. The molecule has 0 bridgehead atoms. The molecule has 1 fully saturated rings. The van der Waals surface area contributed by atoms with Crippen molar-refractivity contribution in [2.45, 2.75) is 30.6 Å². The quantitative estimate of drug-likeness (QED) is 0.663. The second-order valence-electron chi connectivity index (χ2n) is 7.52. The summed E-state index contributed by atoms with van der Waals surface area (Å²) >= 11 is 3.35. The van der Waals surface area contributed by atoms with Crippen LogP contribution in [-0.4, -0.2) is 32.5 Å². The minimum Gasteiger partial charge on any atom is -0.324 e. The first-order valence-electron chi connectivity index (χ1n) is 9.67. The number of anilines is 2. The Morgan fingerprint density at radius 3 is 2.63 bits per heavy atom. The van der Waals surface area contributed by atoms with E-state index >= 15 is 0 Å². The molecule has 1 aliphatic heterocycles. The van der Waals surface area contributed by atoms with Gasteiger partial charge in [0.05, 0.1) is 22.0 Å². The molecule has 2 amide bonds. The Morgan fingerprint density at radius 2 is 1.93 bits per heavy atom. The van der Waals surface area contributed by atoms with Gasteiger partial charge in [0.1, 0.15) is 5.82 Å². The van der Waals surface area contributed by atoms with Crippen LogP contribution in [0.5, 0.6) is 0 Å². The number of hydrogen-bond donors (Lipinski definition) is 1. The standard InChI is InChI=1S/C21H20BrFN2O4S/c22-15-11-14-7-9-25(21(27)13-5-6-13)20(14)18(12-15)30(28,29)10-8-19(26)24-17-4-2-1-3-16(17)23/h1-4,11-13H,5-10H2,(H,24,26). The molecule has 0 aromatic heterocycles. The normalized spacial score (nSPS) is 15.7. The predicted octanol–water partition coefficient (Wildman–Crippen LogP) is 3.69. The molecule has 2 aromatic carbocycles. The largest absolute Gasteiger partial charge is 0.324 e. The van der Waals surface area contributed by atoms with Gasteiger partial charge < -0.3 is 10.2 Å².